The van der Waals surface area contributed by atoms with Crippen LogP contribution in [0.15, 0.2) is 0 Å². The number of ether oxygens (including phenoxy) is 6. The molecule has 14 atom stereocenters. The lowest BCUT2D eigenvalue weighted by molar-refractivity contribution is -0.310. The summed E-state index contributed by atoms with van der Waals surface area (Å²) >= 11 is 0. The van der Waals surface area contributed by atoms with Gasteiger partial charge < -0.3 is 69.3 Å². The maximum absolute atomic E-state index is 11.2. The predicted molar refractivity (Wildman–Crippen MR) is 97.9 cm³/mol. The molecule has 0 bridgehead atoms. The molecule has 4 aliphatic rings. The Morgan fingerprint density at radius 3 is 1.26 bits per heavy atom. The van der Waals surface area contributed by atoms with Crippen LogP contribution in [0.4, 0.5) is 0 Å². The second-order valence-electron chi connectivity index (χ2n) is 8.42. The van der Waals surface area contributed by atoms with Gasteiger partial charge in [-0.2, -0.15) is 0 Å². The van der Waals surface area contributed by atoms with Gasteiger partial charge in [0.15, 0.2) is 24.8 Å². The van der Waals surface area contributed by atoms with Gasteiger partial charge in [0.05, 0.1) is 13.2 Å². The van der Waals surface area contributed by atoms with Crippen molar-refractivity contribution in [3.63, 3.8) is 0 Å². The van der Waals surface area contributed by atoms with Crippen molar-refractivity contribution in [1.82, 2.24) is 0 Å². The van der Waals surface area contributed by atoms with Crippen LogP contribution < -0.4 is 0 Å². The van der Waals surface area contributed by atoms with E-state index < -0.39 is 97.8 Å². The summed E-state index contributed by atoms with van der Waals surface area (Å²) in [6, 6.07) is 0. The van der Waals surface area contributed by atoms with E-state index in [-0.39, 0.29) is 13.2 Å². The summed E-state index contributed by atoms with van der Waals surface area (Å²) in [5.74, 6) is -3.15. The van der Waals surface area contributed by atoms with Gasteiger partial charge in [-0.05, 0) is 0 Å². The number of hydrogen-bond donors (Lipinski definition) is 8. The lowest BCUT2D eigenvalue weighted by Crippen LogP contribution is -2.61. The number of aliphatic carboxylic acids is 2. The molecule has 0 aromatic rings. The van der Waals surface area contributed by atoms with Gasteiger partial charge in [0, 0.05) is 0 Å². The van der Waals surface area contributed by atoms with E-state index in [2.05, 4.69) is 0 Å². The van der Waals surface area contributed by atoms with Crippen LogP contribution in [0.2, 0.25) is 0 Å². The van der Waals surface area contributed by atoms with Gasteiger partial charge in [0.1, 0.15) is 61.0 Å². The van der Waals surface area contributed by atoms with Crippen LogP contribution in [0.1, 0.15) is 0 Å². The van der Waals surface area contributed by atoms with E-state index in [1.807, 2.05) is 0 Å². The van der Waals surface area contributed by atoms with Gasteiger partial charge >= 0.3 is 11.9 Å². The smallest absolute Gasteiger partial charge is 0.335 e. The lowest BCUT2D eigenvalue weighted by Gasteiger charge is -2.39. The molecule has 16 nitrogen and oxygen atoms in total. The first kappa shape index (κ1) is 25.5. The second kappa shape index (κ2) is 9.84. The molecule has 4 fully saturated rings. The molecule has 0 amide bonds. The Kier molecular flexibility index (Phi) is 7.40. The molecule has 34 heavy (non-hydrogen) atoms. The molecule has 4 heterocycles. The van der Waals surface area contributed by atoms with E-state index in [0.717, 1.165) is 0 Å². The molecule has 0 aromatic heterocycles. The molecule has 4 aliphatic heterocycles. The van der Waals surface area contributed by atoms with Crippen molar-refractivity contribution in [2.24, 2.45) is 0 Å². The summed E-state index contributed by atoms with van der Waals surface area (Å²) in [7, 11) is 0. The number of fused-ring (bicyclic) bond motifs is 1. The fraction of sp³-hybridized carbons (Fsp3) is 0.889. The molecule has 10 unspecified atom stereocenters. The van der Waals surface area contributed by atoms with Crippen LogP contribution in [-0.4, -0.2) is 152 Å². The number of aliphatic hydroxyl groups excluding tert-OH is 6. The summed E-state index contributed by atoms with van der Waals surface area (Å²) in [5.41, 5.74) is 0. The fourth-order valence-electron chi connectivity index (χ4n) is 4.34. The van der Waals surface area contributed by atoms with Crippen LogP contribution in [-0.2, 0) is 38.0 Å². The van der Waals surface area contributed by atoms with E-state index >= 15 is 0 Å². The monoisotopic (exact) mass is 498 g/mol. The highest BCUT2D eigenvalue weighted by Gasteiger charge is 2.55. The highest BCUT2D eigenvalue weighted by atomic mass is 16.7. The Morgan fingerprint density at radius 1 is 0.588 bits per heavy atom. The molecule has 0 radical (unpaired) electrons. The maximum atomic E-state index is 11.2. The normalized spacial score (nSPS) is 51.2. The average molecular weight is 498 g/mol. The molecule has 4 rings (SSSR count). The van der Waals surface area contributed by atoms with E-state index in [1.165, 1.54) is 0 Å². The van der Waals surface area contributed by atoms with Crippen molar-refractivity contribution in [1.29, 1.82) is 0 Å². The van der Waals surface area contributed by atoms with E-state index in [4.69, 9.17) is 38.6 Å². The minimum atomic E-state index is -1.88. The van der Waals surface area contributed by atoms with Crippen molar-refractivity contribution in [2.75, 3.05) is 13.2 Å². The van der Waals surface area contributed by atoms with Crippen molar-refractivity contribution in [3.8, 4) is 0 Å². The second-order valence-corrected chi connectivity index (χ2v) is 8.42. The van der Waals surface area contributed by atoms with Crippen LogP contribution in [0.5, 0.6) is 0 Å². The fourth-order valence-corrected chi connectivity index (χ4v) is 4.34. The van der Waals surface area contributed by atoms with Crippen molar-refractivity contribution in [2.45, 2.75) is 85.8 Å². The summed E-state index contributed by atoms with van der Waals surface area (Å²) in [5, 5.41) is 77.9. The number of carboxylic acids is 2. The highest BCUT2D eigenvalue weighted by Crippen LogP contribution is 2.35. The molecular formula is C18H26O16. The topological polar surface area (TPSA) is 251 Å². The summed E-state index contributed by atoms with van der Waals surface area (Å²) < 4.78 is 32.5. The van der Waals surface area contributed by atoms with Gasteiger partial charge in [-0.1, -0.05) is 0 Å². The largest absolute Gasteiger partial charge is 0.479 e. The lowest BCUT2D eigenvalue weighted by atomic mass is 9.98. The average Bonchev–Trinajstić information content (AvgIpc) is 3.37. The van der Waals surface area contributed by atoms with Gasteiger partial charge in [-0.25, -0.2) is 9.59 Å². The number of hydrogen-bond acceptors (Lipinski definition) is 14. The third-order valence-electron chi connectivity index (χ3n) is 6.21. The van der Waals surface area contributed by atoms with Crippen LogP contribution in [0, 0.1) is 0 Å². The Labute approximate surface area is 190 Å². The molecule has 0 aliphatic carbocycles. The van der Waals surface area contributed by atoms with E-state index in [0.29, 0.717) is 0 Å². The van der Waals surface area contributed by atoms with Gasteiger partial charge in [0.2, 0.25) is 0 Å². The molecular weight excluding hydrogens is 472 g/mol. The van der Waals surface area contributed by atoms with Crippen molar-refractivity contribution >= 4 is 11.9 Å². The number of carboxylic acid groups (broad SMARTS) is 2. The first-order valence-electron chi connectivity index (χ1n) is 10.4. The van der Waals surface area contributed by atoms with Gasteiger partial charge in [-0.3, -0.25) is 0 Å². The first-order valence-corrected chi connectivity index (χ1v) is 10.4. The minimum absolute atomic E-state index is 0.134. The standard InChI is InChI=1S/C18H26O16/c19-5-7(21)13(15(25)26)33-17(9(5)23)31-3-1-29-12-4(2-30-11(3)12)32-18-10(24)6(20)8(22)14(34-18)16(27)28/h3-14,17-24H,1-2H2,(H,25,26)(H,27,28)/t3-,4+,5?,6?,7?,8?,9?,10?,11-,12-,13?,14?,17?,18?/m1/s1. The van der Waals surface area contributed by atoms with Crippen molar-refractivity contribution in [3.05, 3.63) is 0 Å². The molecule has 4 saturated heterocycles. The van der Waals surface area contributed by atoms with Gasteiger partial charge in [0.25, 0.3) is 0 Å². The number of carbonyl (C=O) groups is 2. The molecule has 194 valence electrons. The highest BCUT2D eigenvalue weighted by molar-refractivity contribution is 5.73. The minimum Gasteiger partial charge on any atom is -0.479 e. The zero-order chi connectivity index (χ0) is 24.9. The summed E-state index contributed by atoms with van der Waals surface area (Å²) in [4.78, 5) is 22.5. The quantitative estimate of drug-likeness (QED) is 0.170. The zero-order valence-corrected chi connectivity index (χ0v) is 17.3. The maximum Gasteiger partial charge on any atom is 0.335 e. The third-order valence-corrected chi connectivity index (χ3v) is 6.21. The van der Waals surface area contributed by atoms with E-state index in [9.17, 15) is 40.2 Å². The van der Waals surface area contributed by atoms with Gasteiger partial charge in [-0.15, -0.1) is 0 Å². The predicted octanol–water partition coefficient (Wildman–Crippen LogP) is -5.66. The van der Waals surface area contributed by atoms with Crippen molar-refractivity contribution < 1.29 is 78.9 Å². The molecule has 0 aromatic carbocycles. The molecule has 16 heteroatoms. The van der Waals surface area contributed by atoms with E-state index in [1.54, 1.807) is 0 Å². The molecule has 0 saturated carbocycles. The summed E-state index contributed by atoms with van der Waals surface area (Å²) in [6.45, 7) is -0.267. The zero-order valence-electron chi connectivity index (χ0n) is 17.3. The first-order chi connectivity index (χ1) is 16.0. The Hall–Kier alpha value is -1.54. The molecule has 8 N–H and O–H groups in total. The number of rotatable bonds is 6. The summed E-state index contributed by atoms with van der Waals surface area (Å²) in [6.07, 6.45) is -21.5. The molecule has 0 spiro atoms. The third kappa shape index (κ3) is 4.52. The van der Waals surface area contributed by atoms with Crippen LogP contribution in [0.25, 0.3) is 0 Å². The van der Waals surface area contributed by atoms with Crippen LogP contribution in [0.3, 0.4) is 0 Å². The SMILES string of the molecule is O=C(O)C1OC(O[C@H]2CO[C@H]3[C@@H]2OC[C@H]3OC2OC(C(=O)O)C(O)C(O)C2O)C(O)C(O)C1O. The Morgan fingerprint density at radius 2 is 0.941 bits per heavy atom. The number of aliphatic hydroxyl groups is 6. The Balaban J connectivity index is 1.38. The Bertz CT molecular complexity index is 702. The van der Waals surface area contributed by atoms with Crippen LogP contribution >= 0.6 is 0 Å².